The fraction of sp³-hybridized carbons (Fsp3) is 0. The summed E-state index contributed by atoms with van der Waals surface area (Å²) in [5.74, 6) is -0.883. The van der Waals surface area contributed by atoms with Crippen LogP contribution >= 0.6 is 0 Å². The molecule has 0 saturated heterocycles. The van der Waals surface area contributed by atoms with Crippen LogP contribution in [0.2, 0.25) is 0 Å². The van der Waals surface area contributed by atoms with E-state index in [2.05, 4.69) is 16.0 Å². The van der Waals surface area contributed by atoms with E-state index in [1.165, 1.54) is 6.08 Å². The number of fused-ring (bicyclic) bond motifs is 2. The Morgan fingerprint density at radius 3 is 2.15 bits per heavy atom. The number of hydrogen-bond acceptors (Lipinski definition) is 5. The number of aromatic amines is 1. The van der Waals surface area contributed by atoms with Gasteiger partial charge in [-0.15, -0.1) is 0 Å². The van der Waals surface area contributed by atoms with Gasteiger partial charge >= 0.3 is 11.2 Å². The molecule has 4 aromatic rings. The minimum atomic E-state index is -1.00. The quantitative estimate of drug-likeness (QED) is 0.328. The Labute approximate surface area is 152 Å². The van der Waals surface area contributed by atoms with E-state index in [0.717, 1.165) is 27.1 Å². The largest absolute Gasteiger partial charge is 0.488 e. The zero-order chi connectivity index (χ0) is 19.0. The van der Waals surface area contributed by atoms with Crippen LogP contribution in [0.5, 0.6) is 5.88 Å². The third-order valence-corrected chi connectivity index (χ3v) is 4.30. The Hall–Kier alpha value is -4.00. The van der Waals surface area contributed by atoms with Gasteiger partial charge in [-0.1, -0.05) is 54.6 Å². The first kappa shape index (κ1) is 16.5. The summed E-state index contributed by atoms with van der Waals surface area (Å²) in [6.07, 6.45) is 3.28. The number of nitro groups is 1. The lowest BCUT2D eigenvalue weighted by atomic mass is 9.96. The predicted octanol–water partition coefficient (Wildman–Crippen LogP) is 3.86. The van der Waals surface area contributed by atoms with E-state index in [1.807, 2.05) is 48.5 Å². The van der Waals surface area contributed by atoms with Crippen LogP contribution in [-0.4, -0.2) is 20.0 Å². The molecule has 1 heterocycles. The second kappa shape index (κ2) is 6.38. The highest BCUT2D eigenvalue weighted by Crippen LogP contribution is 2.30. The molecule has 0 aliphatic rings. The molecule has 0 saturated carbocycles. The molecular weight excluding hydrogens is 346 g/mol. The maximum absolute atomic E-state index is 11.8. The molecule has 27 heavy (non-hydrogen) atoms. The molecule has 132 valence electrons. The molecular formula is C20H13N3O4. The Morgan fingerprint density at radius 2 is 1.59 bits per heavy atom. The van der Waals surface area contributed by atoms with Crippen LogP contribution in [0, 0.1) is 10.1 Å². The molecule has 7 nitrogen and oxygen atoms in total. The molecule has 0 aliphatic carbocycles. The predicted molar refractivity (Wildman–Crippen MR) is 104 cm³/mol. The van der Waals surface area contributed by atoms with E-state index in [-0.39, 0.29) is 5.82 Å². The topological polar surface area (TPSA) is 109 Å². The summed E-state index contributed by atoms with van der Waals surface area (Å²) in [7, 11) is 0. The molecule has 2 N–H and O–H groups in total. The third kappa shape index (κ3) is 2.91. The summed E-state index contributed by atoms with van der Waals surface area (Å²) in [5.41, 5.74) is -1.05. The number of benzene rings is 3. The van der Waals surface area contributed by atoms with E-state index >= 15 is 0 Å². The van der Waals surface area contributed by atoms with Crippen LogP contribution < -0.4 is 5.56 Å². The van der Waals surface area contributed by atoms with Gasteiger partial charge in [0.1, 0.15) is 5.82 Å². The minimum Gasteiger partial charge on any atom is -0.488 e. The zero-order valence-electron chi connectivity index (χ0n) is 13.9. The summed E-state index contributed by atoms with van der Waals surface area (Å²) in [4.78, 5) is 27.6. The van der Waals surface area contributed by atoms with Crippen molar-refractivity contribution in [1.29, 1.82) is 0 Å². The SMILES string of the molecule is O=c1[nH]c(C=Cc2c3ccccc3cc3ccccc23)nc(O)c1[N+](=O)[O-]. The number of hydrogen-bond donors (Lipinski definition) is 2. The lowest BCUT2D eigenvalue weighted by Gasteiger charge is -2.08. The minimum absolute atomic E-state index is 0.0279. The van der Waals surface area contributed by atoms with Crippen molar-refractivity contribution in [2.75, 3.05) is 0 Å². The number of aromatic nitrogens is 2. The van der Waals surface area contributed by atoms with E-state index in [4.69, 9.17) is 0 Å². The van der Waals surface area contributed by atoms with Gasteiger partial charge in [-0.25, -0.2) is 0 Å². The van der Waals surface area contributed by atoms with Crippen molar-refractivity contribution in [3.8, 4) is 5.88 Å². The third-order valence-electron chi connectivity index (χ3n) is 4.30. The highest BCUT2D eigenvalue weighted by atomic mass is 16.6. The average Bonchev–Trinajstić information content (AvgIpc) is 2.64. The standard InChI is InChI=1S/C20H13N3O4/c24-19-18(23(26)27)20(25)22-17(21-19)10-9-16-14-7-3-1-5-12(14)11-13-6-2-4-8-15(13)16/h1-11H,(H2,21,22,24,25). The summed E-state index contributed by atoms with van der Waals surface area (Å²) in [5, 5.41) is 24.6. The Balaban J connectivity index is 1.90. The van der Waals surface area contributed by atoms with E-state index in [0.29, 0.717) is 0 Å². The highest BCUT2D eigenvalue weighted by Gasteiger charge is 2.21. The lowest BCUT2D eigenvalue weighted by Crippen LogP contribution is -2.14. The van der Waals surface area contributed by atoms with Crippen LogP contribution in [0.25, 0.3) is 33.7 Å². The first-order valence-corrected chi connectivity index (χ1v) is 8.11. The van der Waals surface area contributed by atoms with Gasteiger partial charge in [0.05, 0.1) is 4.92 Å². The number of rotatable bonds is 3. The Morgan fingerprint density at radius 1 is 1.00 bits per heavy atom. The fourth-order valence-corrected chi connectivity index (χ4v) is 3.11. The van der Waals surface area contributed by atoms with Gasteiger partial charge in [-0.2, -0.15) is 4.98 Å². The van der Waals surface area contributed by atoms with Gasteiger partial charge in [0.25, 0.3) is 5.88 Å². The fourth-order valence-electron chi connectivity index (χ4n) is 3.11. The molecule has 0 bridgehead atoms. The monoisotopic (exact) mass is 359 g/mol. The van der Waals surface area contributed by atoms with Crippen molar-refractivity contribution < 1.29 is 10.0 Å². The molecule has 3 aromatic carbocycles. The van der Waals surface area contributed by atoms with Crippen molar-refractivity contribution in [2.24, 2.45) is 0 Å². The van der Waals surface area contributed by atoms with Gasteiger partial charge in [-0.3, -0.25) is 14.9 Å². The van der Waals surface area contributed by atoms with Gasteiger partial charge in [0, 0.05) is 0 Å². The van der Waals surface area contributed by atoms with E-state index < -0.39 is 22.0 Å². The van der Waals surface area contributed by atoms with E-state index in [1.54, 1.807) is 6.08 Å². The Bertz CT molecular complexity index is 1240. The second-order valence-corrected chi connectivity index (χ2v) is 5.95. The number of nitrogens with zero attached hydrogens (tertiary/aromatic N) is 2. The summed E-state index contributed by atoms with van der Waals surface area (Å²) in [6.45, 7) is 0. The smallest absolute Gasteiger partial charge is 0.395 e. The van der Waals surface area contributed by atoms with Gasteiger partial charge in [0.2, 0.25) is 0 Å². The highest BCUT2D eigenvalue weighted by molar-refractivity contribution is 6.07. The van der Waals surface area contributed by atoms with E-state index in [9.17, 15) is 20.0 Å². The van der Waals surface area contributed by atoms with Crippen molar-refractivity contribution in [3.63, 3.8) is 0 Å². The van der Waals surface area contributed by atoms with Crippen LogP contribution in [0.15, 0.2) is 59.4 Å². The van der Waals surface area contributed by atoms with Crippen LogP contribution in [0.3, 0.4) is 0 Å². The molecule has 0 aliphatic heterocycles. The summed E-state index contributed by atoms with van der Waals surface area (Å²) < 4.78 is 0. The van der Waals surface area contributed by atoms with Crippen molar-refractivity contribution in [2.45, 2.75) is 0 Å². The van der Waals surface area contributed by atoms with Crippen LogP contribution in [0.4, 0.5) is 5.69 Å². The zero-order valence-corrected chi connectivity index (χ0v) is 13.9. The Kier molecular flexibility index (Phi) is 3.89. The van der Waals surface area contributed by atoms with Crippen molar-refractivity contribution >= 4 is 39.4 Å². The van der Waals surface area contributed by atoms with Crippen molar-refractivity contribution in [3.05, 3.63) is 86.5 Å². The number of nitrogens with one attached hydrogen (secondary N) is 1. The van der Waals surface area contributed by atoms with Crippen molar-refractivity contribution in [1.82, 2.24) is 9.97 Å². The first-order valence-electron chi connectivity index (χ1n) is 8.11. The lowest BCUT2D eigenvalue weighted by molar-refractivity contribution is -0.387. The molecule has 0 atom stereocenters. The number of H-pyrrole nitrogens is 1. The molecule has 7 heteroatoms. The normalized spacial score (nSPS) is 11.4. The molecule has 0 unspecified atom stereocenters. The number of aromatic hydroxyl groups is 1. The average molecular weight is 359 g/mol. The second-order valence-electron chi connectivity index (χ2n) is 5.95. The molecule has 4 rings (SSSR count). The maximum atomic E-state index is 11.8. The first-order chi connectivity index (χ1) is 13.0. The summed E-state index contributed by atoms with van der Waals surface area (Å²) >= 11 is 0. The molecule has 0 fully saturated rings. The van der Waals surface area contributed by atoms with Crippen LogP contribution in [-0.2, 0) is 0 Å². The molecule has 0 spiro atoms. The van der Waals surface area contributed by atoms with Gasteiger partial charge < -0.3 is 10.1 Å². The molecule has 1 aromatic heterocycles. The molecule has 0 radical (unpaired) electrons. The van der Waals surface area contributed by atoms with Gasteiger partial charge in [-0.05, 0) is 39.3 Å². The van der Waals surface area contributed by atoms with Crippen LogP contribution in [0.1, 0.15) is 11.4 Å². The maximum Gasteiger partial charge on any atom is 0.395 e. The molecule has 0 amide bonds. The van der Waals surface area contributed by atoms with Gasteiger partial charge in [0.15, 0.2) is 0 Å². The summed E-state index contributed by atoms with van der Waals surface area (Å²) in [6, 6.07) is 17.9.